The SMILES string of the molecule is Fc1cccnc1C1=NCCS1. The average molecular weight is 182 g/mol. The number of aliphatic imine (C=N–C) groups is 1. The van der Waals surface area contributed by atoms with Crippen LogP contribution in [0.2, 0.25) is 0 Å². The summed E-state index contributed by atoms with van der Waals surface area (Å²) >= 11 is 1.56. The molecule has 0 aliphatic carbocycles. The van der Waals surface area contributed by atoms with Crippen molar-refractivity contribution in [3.05, 3.63) is 29.8 Å². The van der Waals surface area contributed by atoms with Gasteiger partial charge in [-0.15, -0.1) is 11.8 Å². The zero-order chi connectivity index (χ0) is 8.39. The maximum atomic E-state index is 13.1. The molecular weight excluding hydrogens is 175 g/mol. The summed E-state index contributed by atoms with van der Waals surface area (Å²) in [4.78, 5) is 8.08. The first-order valence-electron chi connectivity index (χ1n) is 3.66. The molecule has 0 radical (unpaired) electrons. The molecule has 0 saturated carbocycles. The molecule has 12 heavy (non-hydrogen) atoms. The summed E-state index contributed by atoms with van der Waals surface area (Å²) in [7, 11) is 0. The van der Waals surface area contributed by atoms with E-state index in [1.54, 1.807) is 24.0 Å². The van der Waals surface area contributed by atoms with Gasteiger partial charge in [0.25, 0.3) is 0 Å². The molecule has 0 aromatic carbocycles. The quantitative estimate of drug-likeness (QED) is 0.660. The molecule has 0 bridgehead atoms. The summed E-state index contributed by atoms with van der Waals surface area (Å²) in [5.41, 5.74) is 0.389. The summed E-state index contributed by atoms with van der Waals surface area (Å²) < 4.78 is 13.1. The van der Waals surface area contributed by atoms with Crippen molar-refractivity contribution in [3.8, 4) is 0 Å². The fourth-order valence-electron chi connectivity index (χ4n) is 1.02. The zero-order valence-electron chi connectivity index (χ0n) is 6.33. The van der Waals surface area contributed by atoms with Crippen LogP contribution in [0.25, 0.3) is 0 Å². The molecule has 0 N–H and O–H groups in total. The molecule has 4 heteroatoms. The fraction of sp³-hybridized carbons (Fsp3) is 0.250. The van der Waals surface area contributed by atoms with E-state index in [4.69, 9.17) is 0 Å². The Morgan fingerprint density at radius 2 is 2.42 bits per heavy atom. The van der Waals surface area contributed by atoms with Gasteiger partial charge in [-0.1, -0.05) is 0 Å². The molecule has 2 nitrogen and oxygen atoms in total. The lowest BCUT2D eigenvalue weighted by molar-refractivity contribution is 0.619. The third-order valence-corrected chi connectivity index (χ3v) is 2.53. The van der Waals surface area contributed by atoms with Crippen LogP contribution < -0.4 is 0 Å². The van der Waals surface area contributed by atoms with Crippen molar-refractivity contribution in [2.24, 2.45) is 4.99 Å². The Hall–Kier alpha value is -0.900. The van der Waals surface area contributed by atoms with Gasteiger partial charge in [0.2, 0.25) is 0 Å². The molecule has 0 saturated heterocycles. The number of hydrogen-bond donors (Lipinski definition) is 0. The van der Waals surface area contributed by atoms with Crippen LogP contribution in [0.3, 0.4) is 0 Å². The van der Waals surface area contributed by atoms with Gasteiger partial charge in [0, 0.05) is 18.5 Å². The van der Waals surface area contributed by atoms with Gasteiger partial charge in [0.1, 0.15) is 10.7 Å². The van der Waals surface area contributed by atoms with Crippen LogP contribution in [0.5, 0.6) is 0 Å². The number of pyridine rings is 1. The Morgan fingerprint density at radius 3 is 3.08 bits per heavy atom. The maximum Gasteiger partial charge on any atom is 0.151 e. The molecule has 0 fully saturated rings. The summed E-state index contributed by atoms with van der Waals surface area (Å²) in [5, 5.41) is 0.730. The van der Waals surface area contributed by atoms with E-state index in [1.165, 1.54) is 6.07 Å². The molecule has 0 spiro atoms. The highest BCUT2D eigenvalue weighted by Gasteiger charge is 2.14. The minimum atomic E-state index is -0.286. The fourth-order valence-corrected chi connectivity index (χ4v) is 1.87. The van der Waals surface area contributed by atoms with Crippen LogP contribution in [0.15, 0.2) is 23.3 Å². The molecule has 1 aliphatic rings. The average Bonchev–Trinajstić information content (AvgIpc) is 2.57. The van der Waals surface area contributed by atoms with E-state index in [2.05, 4.69) is 9.98 Å². The van der Waals surface area contributed by atoms with E-state index in [9.17, 15) is 4.39 Å². The predicted octanol–water partition coefficient (Wildman–Crippen LogP) is 1.71. The van der Waals surface area contributed by atoms with Crippen LogP contribution in [0.4, 0.5) is 4.39 Å². The molecule has 62 valence electrons. The first-order chi connectivity index (χ1) is 5.88. The normalized spacial score (nSPS) is 16.2. The zero-order valence-corrected chi connectivity index (χ0v) is 7.14. The summed E-state index contributed by atoms with van der Waals surface area (Å²) in [6.07, 6.45) is 1.58. The van der Waals surface area contributed by atoms with Gasteiger partial charge in [-0.3, -0.25) is 9.98 Å². The van der Waals surface area contributed by atoms with Crippen molar-refractivity contribution >= 4 is 16.8 Å². The molecule has 2 rings (SSSR count). The second-order valence-electron chi connectivity index (χ2n) is 2.37. The minimum absolute atomic E-state index is 0.286. The number of nitrogens with zero attached hydrogens (tertiary/aromatic N) is 2. The van der Waals surface area contributed by atoms with Crippen LogP contribution in [0.1, 0.15) is 5.69 Å². The number of halogens is 1. The van der Waals surface area contributed by atoms with E-state index in [-0.39, 0.29) is 5.82 Å². The molecule has 1 aliphatic heterocycles. The van der Waals surface area contributed by atoms with E-state index in [1.807, 2.05) is 0 Å². The van der Waals surface area contributed by atoms with Gasteiger partial charge in [-0.05, 0) is 12.1 Å². The highest BCUT2D eigenvalue weighted by atomic mass is 32.2. The lowest BCUT2D eigenvalue weighted by Crippen LogP contribution is -1.99. The Morgan fingerprint density at radius 1 is 1.50 bits per heavy atom. The van der Waals surface area contributed by atoms with Crippen molar-refractivity contribution in [2.45, 2.75) is 0 Å². The standard InChI is InChI=1S/C8H7FN2S/c9-6-2-1-3-10-7(6)8-11-4-5-12-8/h1-3H,4-5H2. The Bertz CT molecular complexity index is 325. The molecule has 0 amide bonds. The number of aromatic nitrogens is 1. The van der Waals surface area contributed by atoms with Crippen molar-refractivity contribution in [3.63, 3.8) is 0 Å². The van der Waals surface area contributed by atoms with E-state index >= 15 is 0 Å². The Labute approximate surface area is 73.9 Å². The van der Waals surface area contributed by atoms with Crippen LogP contribution in [0, 0.1) is 5.82 Å². The molecule has 1 aromatic heterocycles. The number of thioether (sulfide) groups is 1. The topological polar surface area (TPSA) is 25.2 Å². The van der Waals surface area contributed by atoms with E-state index < -0.39 is 0 Å². The van der Waals surface area contributed by atoms with E-state index in [0.717, 1.165) is 17.3 Å². The second-order valence-corrected chi connectivity index (χ2v) is 3.45. The van der Waals surface area contributed by atoms with Crippen molar-refractivity contribution < 1.29 is 4.39 Å². The first kappa shape index (κ1) is 7.73. The van der Waals surface area contributed by atoms with Gasteiger partial charge in [-0.25, -0.2) is 4.39 Å². The van der Waals surface area contributed by atoms with Crippen LogP contribution >= 0.6 is 11.8 Å². The maximum absolute atomic E-state index is 13.1. The first-order valence-corrected chi connectivity index (χ1v) is 4.64. The molecular formula is C8H7FN2S. The Balaban J connectivity index is 2.39. The van der Waals surface area contributed by atoms with Crippen LogP contribution in [-0.4, -0.2) is 22.3 Å². The number of hydrogen-bond acceptors (Lipinski definition) is 3. The van der Waals surface area contributed by atoms with Gasteiger partial charge >= 0.3 is 0 Å². The largest absolute Gasteiger partial charge is 0.275 e. The molecule has 2 heterocycles. The van der Waals surface area contributed by atoms with Gasteiger partial charge in [0.15, 0.2) is 5.82 Å². The van der Waals surface area contributed by atoms with Crippen molar-refractivity contribution in [2.75, 3.05) is 12.3 Å². The van der Waals surface area contributed by atoms with Crippen LogP contribution in [-0.2, 0) is 0 Å². The highest BCUT2D eigenvalue weighted by molar-refractivity contribution is 8.14. The predicted molar refractivity (Wildman–Crippen MR) is 48.1 cm³/mol. The monoisotopic (exact) mass is 182 g/mol. The highest BCUT2D eigenvalue weighted by Crippen LogP contribution is 2.18. The summed E-state index contributed by atoms with van der Waals surface area (Å²) in [6.45, 7) is 0.774. The molecule has 0 atom stereocenters. The van der Waals surface area contributed by atoms with Crippen molar-refractivity contribution in [1.29, 1.82) is 0 Å². The summed E-state index contributed by atoms with van der Waals surface area (Å²) in [5.74, 6) is 0.649. The van der Waals surface area contributed by atoms with E-state index in [0.29, 0.717) is 5.69 Å². The van der Waals surface area contributed by atoms with Gasteiger partial charge in [0.05, 0.1) is 0 Å². The molecule has 1 aromatic rings. The number of rotatable bonds is 1. The smallest absolute Gasteiger partial charge is 0.151 e. The third-order valence-electron chi connectivity index (χ3n) is 1.55. The second kappa shape index (κ2) is 3.23. The van der Waals surface area contributed by atoms with Gasteiger partial charge < -0.3 is 0 Å². The lowest BCUT2D eigenvalue weighted by atomic mass is 10.3. The summed E-state index contributed by atoms with van der Waals surface area (Å²) in [6, 6.07) is 2.99. The molecule has 0 unspecified atom stereocenters. The third kappa shape index (κ3) is 1.34. The van der Waals surface area contributed by atoms with Gasteiger partial charge in [-0.2, -0.15) is 0 Å². The minimum Gasteiger partial charge on any atom is -0.275 e. The van der Waals surface area contributed by atoms with Crippen molar-refractivity contribution in [1.82, 2.24) is 4.98 Å². The lowest BCUT2D eigenvalue weighted by Gasteiger charge is -1.98. The Kier molecular flexibility index (Phi) is 2.08.